The first-order chi connectivity index (χ1) is 6.66. The molecule has 0 saturated heterocycles. The topological polar surface area (TPSA) is 64.7 Å². The highest BCUT2D eigenvalue weighted by Crippen LogP contribution is 2.25. The highest BCUT2D eigenvalue weighted by atomic mass is 35.5. The first-order valence-corrected chi connectivity index (χ1v) is 4.83. The van der Waals surface area contributed by atoms with Crippen LogP contribution in [0.3, 0.4) is 0 Å². The van der Waals surface area contributed by atoms with Crippen molar-refractivity contribution in [3.8, 4) is 10.7 Å². The van der Waals surface area contributed by atoms with Gasteiger partial charge < -0.3 is 5.73 Å². The van der Waals surface area contributed by atoms with Gasteiger partial charge in [-0.05, 0) is 23.0 Å². The zero-order valence-corrected chi connectivity index (χ0v) is 8.31. The molecule has 0 aliphatic rings. The minimum absolute atomic E-state index is 0.0206. The Balaban J connectivity index is 2.57. The molecule has 0 aliphatic heterocycles. The van der Waals surface area contributed by atoms with Gasteiger partial charge in [0.15, 0.2) is 5.82 Å². The van der Waals surface area contributed by atoms with Crippen molar-refractivity contribution in [3.63, 3.8) is 0 Å². The number of nitrogen functional groups attached to an aromatic ring is 1. The predicted octanol–water partition coefficient (Wildman–Crippen LogP) is 1.97. The van der Waals surface area contributed by atoms with Crippen molar-refractivity contribution in [2.45, 2.75) is 0 Å². The number of hydrogen-bond donors (Lipinski definition) is 1. The van der Waals surface area contributed by atoms with Crippen LogP contribution in [0.4, 0.5) is 10.3 Å². The predicted molar refractivity (Wildman–Crippen MR) is 52.5 cm³/mol. The Bertz CT molecular complexity index is 452. The van der Waals surface area contributed by atoms with Gasteiger partial charge in [-0.15, -0.1) is 11.3 Å². The number of thiophene rings is 1. The lowest BCUT2D eigenvalue weighted by atomic mass is 10.4. The molecule has 0 fully saturated rings. The van der Waals surface area contributed by atoms with Crippen LogP contribution in [-0.2, 0) is 0 Å². The molecule has 0 aliphatic carbocycles. The summed E-state index contributed by atoms with van der Waals surface area (Å²) in [5, 5.41) is 1.55. The third-order valence-electron chi connectivity index (χ3n) is 1.45. The SMILES string of the molecule is Nc1nc(Cl)nc(-c2sccc2F)n1. The van der Waals surface area contributed by atoms with E-state index in [2.05, 4.69) is 15.0 Å². The molecule has 2 N–H and O–H groups in total. The zero-order chi connectivity index (χ0) is 10.1. The van der Waals surface area contributed by atoms with E-state index in [1.54, 1.807) is 5.38 Å². The number of anilines is 1. The van der Waals surface area contributed by atoms with E-state index in [9.17, 15) is 4.39 Å². The van der Waals surface area contributed by atoms with Gasteiger partial charge in [0.1, 0.15) is 10.7 Å². The summed E-state index contributed by atoms with van der Waals surface area (Å²) >= 11 is 6.74. The second kappa shape index (κ2) is 3.47. The van der Waals surface area contributed by atoms with Crippen LogP contribution >= 0.6 is 22.9 Å². The molecule has 0 saturated carbocycles. The third-order valence-corrected chi connectivity index (χ3v) is 2.50. The third kappa shape index (κ3) is 1.66. The molecule has 0 unspecified atom stereocenters. The van der Waals surface area contributed by atoms with Gasteiger partial charge in [-0.2, -0.15) is 15.0 Å². The molecule has 2 heterocycles. The van der Waals surface area contributed by atoms with Gasteiger partial charge in [0.25, 0.3) is 0 Å². The number of nitrogens with zero attached hydrogens (tertiary/aromatic N) is 3. The Morgan fingerprint density at radius 3 is 2.71 bits per heavy atom. The molecule has 2 rings (SSSR count). The molecule has 0 radical (unpaired) electrons. The number of hydrogen-bond acceptors (Lipinski definition) is 5. The maximum Gasteiger partial charge on any atom is 0.227 e. The first-order valence-electron chi connectivity index (χ1n) is 3.57. The molecule has 0 aromatic carbocycles. The zero-order valence-electron chi connectivity index (χ0n) is 6.74. The average molecular weight is 231 g/mol. The fourth-order valence-electron chi connectivity index (χ4n) is 0.920. The van der Waals surface area contributed by atoms with Crippen molar-refractivity contribution in [3.05, 3.63) is 22.5 Å². The van der Waals surface area contributed by atoms with Crippen LogP contribution in [0, 0.1) is 5.82 Å². The summed E-state index contributed by atoms with van der Waals surface area (Å²) < 4.78 is 13.1. The summed E-state index contributed by atoms with van der Waals surface area (Å²) in [6, 6.07) is 1.33. The van der Waals surface area contributed by atoms with Gasteiger partial charge in [-0.25, -0.2) is 4.39 Å². The van der Waals surface area contributed by atoms with Crippen molar-refractivity contribution in [2.24, 2.45) is 0 Å². The van der Waals surface area contributed by atoms with Crippen LogP contribution in [0.25, 0.3) is 10.7 Å². The highest BCUT2D eigenvalue weighted by Gasteiger charge is 2.11. The normalized spacial score (nSPS) is 10.4. The Kier molecular flexibility index (Phi) is 2.30. The van der Waals surface area contributed by atoms with E-state index >= 15 is 0 Å². The minimum atomic E-state index is -0.392. The number of rotatable bonds is 1. The summed E-state index contributed by atoms with van der Waals surface area (Å²) in [5.74, 6) is -0.250. The second-order valence-electron chi connectivity index (χ2n) is 2.38. The van der Waals surface area contributed by atoms with E-state index in [1.807, 2.05) is 0 Å². The van der Waals surface area contributed by atoms with Gasteiger partial charge in [0.2, 0.25) is 11.2 Å². The van der Waals surface area contributed by atoms with Crippen molar-refractivity contribution in [1.82, 2.24) is 15.0 Å². The highest BCUT2D eigenvalue weighted by molar-refractivity contribution is 7.13. The number of nitrogens with two attached hydrogens (primary N) is 1. The van der Waals surface area contributed by atoms with Gasteiger partial charge in [-0.3, -0.25) is 0 Å². The molecule has 0 bridgehead atoms. The van der Waals surface area contributed by atoms with Gasteiger partial charge in [0.05, 0.1) is 0 Å². The quantitative estimate of drug-likeness (QED) is 0.814. The summed E-state index contributed by atoms with van der Waals surface area (Å²) in [4.78, 5) is 11.4. The Hall–Kier alpha value is -1.27. The van der Waals surface area contributed by atoms with Crippen LogP contribution in [0.5, 0.6) is 0 Å². The molecule has 2 aromatic rings. The van der Waals surface area contributed by atoms with Crippen molar-refractivity contribution < 1.29 is 4.39 Å². The van der Waals surface area contributed by atoms with Crippen LogP contribution in [0.2, 0.25) is 5.28 Å². The second-order valence-corrected chi connectivity index (χ2v) is 3.64. The lowest BCUT2D eigenvalue weighted by Gasteiger charge is -1.98. The molecule has 14 heavy (non-hydrogen) atoms. The molecule has 72 valence electrons. The van der Waals surface area contributed by atoms with E-state index in [4.69, 9.17) is 17.3 Å². The van der Waals surface area contributed by atoms with Crippen LogP contribution in [0.1, 0.15) is 0 Å². The average Bonchev–Trinajstić information content (AvgIpc) is 2.49. The van der Waals surface area contributed by atoms with Gasteiger partial charge >= 0.3 is 0 Å². The molecule has 4 nitrogen and oxygen atoms in total. The Labute approximate surface area is 87.6 Å². The van der Waals surface area contributed by atoms with Crippen LogP contribution in [-0.4, -0.2) is 15.0 Å². The largest absolute Gasteiger partial charge is 0.368 e. The Morgan fingerprint density at radius 2 is 2.14 bits per heavy atom. The summed E-state index contributed by atoms with van der Waals surface area (Å²) in [7, 11) is 0. The first kappa shape index (κ1) is 9.29. The Morgan fingerprint density at radius 1 is 1.36 bits per heavy atom. The summed E-state index contributed by atoms with van der Waals surface area (Å²) in [6.07, 6.45) is 0. The molecule has 0 spiro atoms. The van der Waals surface area contributed by atoms with E-state index in [-0.39, 0.29) is 17.1 Å². The lowest BCUT2D eigenvalue weighted by Crippen LogP contribution is -1.99. The summed E-state index contributed by atoms with van der Waals surface area (Å²) in [6.45, 7) is 0. The van der Waals surface area contributed by atoms with E-state index in [0.29, 0.717) is 4.88 Å². The standard InChI is InChI=1S/C7H4ClFN4S/c8-6-11-5(12-7(10)13-6)4-3(9)1-2-14-4/h1-2H,(H2,10,11,12,13). The fourth-order valence-corrected chi connectivity index (χ4v) is 1.79. The van der Waals surface area contributed by atoms with E-state index in [0.717, 1.165) is 0 Å². The molecule has 7 heteroatoms. The maximum absolute atomic E-state index is 13.1. The van der Waals surface area contributed by atoms with Crippen molar-refractivity contribution >= 4 is 28.9 Å². The monoisotopic (exact) mass is 230 g/mol. The minimum Gasteiger partial charge on any atom is -0.368 e. The van der Waals surface area contributed by atoms with E-state index < -0.39 is 5.82 Å². The number of aromatic nitrogens is 3. The summed E-state index contributed by atoms with van der Waals surface area (Å²) in [5.41, 5.74) is 5.35. The van der Waals surface area contributed by atoms with Crippen molar-refractivity contribution in [2.75, 3.05) is 5.73 Å². The smallest absolute Gasteiger partial charge is 0.227 e. The fraction of sp³-hybridized carbons (Fsp3) is 0. The van der Waals surface area contributed by atoms with Crippen LogP contribution < -0.4 is 5.73 Å². The molecule has 0 amide bonds. The molecule has 2 aromatic heterocycles. The number of halogens is 2. The maximum atomic E-state index is 13.1. The molecular weight excluding hydrogens is 227 g/mol. The lowest BCUT2D eigenvalue weighted by molar-refractivity contribution is 0.635. The molecule has 0 atom stereocenters. The van der Waals surface area contributed by atoms with Crippen LogP contribution in [0.15, 0.2) is 11.4 Å². The van der Waals surface area contributed by atoms with Gasteiger partial charge in [-0.1, -0.05) is 0 Å². The van der Waals surface area contributed by atoms with Crippen molar-refractivity contribution in [1.29, 1.82) is 0 Å². The van der Waals surface area contributed by atoms with Gasteiger partial charge in [0, 0.05) is 0 Å². The van der Waals surface area contributed by atoms with E-state index in [1.165, 1.54) is 17.4 Å². The molecular formula is C7H4ClFN4S.